The van der Waals surface area contributed by atoms with E-state index in [1.807, 2.05) is 13.0 Å². The summed E-state index contributed by atoms with van der Waals surface area (Å²) >= 11 is 0. The fourth-order valence-corrected chi connectivity index (χ4v) is 7.64. The number of aromatic carboxylic acids is 1. The van der Waals surface area contributed by atoms with Gasteiger partial charge in [-0.25, -0.2) is 4.79 Å². The lowest BCUT2D eigenvalue weighted by Gasteiger charge is -2.59. The second-order valence-corrected chi connectivity index (χ2v) is 11.3. The molecule has 0 unspecified atom stereocenters. The highest BCUT2D eigenvalue weighted by Crippen LogP contribution is 2.67. The number of fused-ring (bicyclic) bond motifs is 5. The van der Waals surface area contributed by atoms with Crippen molar-refractivity contribution >= 4 is 23.2 Å². The first-order chi connectivity index (χ1) is 17.3. The van der Waals surface area contributed by atoms with Crippen LogP contribution in [-0.4, -0.2) is 61.4 Å². The number of carbonyl (C=O) groups excluding carboxylic acids is 2. The monoisotopic (exact) mass is 513 g/mol. The SMILES string of the molecule is C[C@]12C=CC(=O)C=C1CC[C@@H]1[C@@H]2[C@@H](O)C[C@@]2(C)[C@H]1CC[C@]2(O)C(=O)CO.Nc1ccc(O)c(C(=O)O)c1. The van der Waals surface area contributed by atoms with E-state index in [0.717, 1.165) is 24.8 Å². The van der Waals surface area contributed by atoms with E-state index in [-0.39, 0.29) is 40.3 Å². The van der Waals surface area contributed by atoms with Crippen LogP contribution in [0.25, 0.3) is 0 Å². The lowest BCUT2D eigenvalue weighted by molar-refractivity contribution is -0.178. The number of anilines is 1. The summed E-state index contributed by atoms with van der Waals surface area (Å²) < 4.78 is 0. The summed E-state index contributed by atoms with van der Waals surface area (Å²) in [5.74, 6) is -1.68. The summed E-state index contributed by atoms with van der Waals surface area (Å²) in [6.07, 6.45) is 7.68. The molecule has 9 heteroatoms. The number of ketones is 2. The molecule has 5 rings (SSSR count). The molecule has 0 amide bonds. The zero-order valence-electron chi connectivity index (χ0n) is 21.1. The molecule has 37 heavy (non-hydrogen) atoms. The molecule has 0 bridgehead atoms. The lowest BCUT2D eigenvalue weighted by Crippen LogP contribution is -2.61. The van der Waals surface area contributed by atoms with Gasteiger partial charge in [0.2, 0.25) is 0 Å². The number of allylic oxidation sites excluding steroid dienone is 4. The molecule has 0 radical (unpaired) electrons. The highest BCUT2D eigenvalue weighted by molar-refractivity contribution is 6.01. The Bertz CT molecular complexity index is 1190. The van der Waals surface area contributed by atoms with Crippen molar-refractivity contribution in [3.05, 3.63) is 47.6 Å². The minimum atomic E-state index is -1.56. The summed E-state index contributed by atoms with van der Waals surface area (Å²) in [4.78, 5) is 34.5. The summed E-state index contributed by atoms with van der Waals surface area (Å²) in [7, 11) is 0. The Morgan fingerprint density at radius 2 is 1.89 bits per heavy atom. The van der Waals surface area contributed by atoms with Gasteiger partial charge in [0, 0.05) is 22.4 Å². The highest BCUT2D eigenvalue weighted by atomic mass is 16.4. The standard InChI is InChI=1S/C21H28O5.C7H7NO3/c1-19-7-5-13(23)9-12(19)3-4-14-15-6-8-21(26,17(25)11-22)20(15,2)10-16(24)18(14)19;8-4-1-2-6(9)5(3-4)7(10)11/h5,7,9,14-16,18,22,24,26H,3-4,6,8,10-11H2,1-2H3;1-3,9H,8H2,(H,10,11)/t14-,15-,16-,18+,19-,20-,21-;/m0./s1. The number of nitrogen functional groups attached to an aromatic ring is 1. The predicted octanol–water partition coefficient (Wildman–Crippen LogP) is 2.23. The number of aliphatic hydroxyl groups excluding tert-OH is 2. The Kier molecular flexibility index (Phi) is 6.85. The summed E-state index contributed by atoms with van der Waals surface area (Å²) in [6, 6.07) is 3.89. The van der Waals surface area contributed by atoms with Crippen LogP contribution in [0.4, 0.5) is 5.69 Å². The Labute approximate surface area is 215 Å². The largest absolute Gasteiger partial charge is 0.507 e. The van der Waals surface area contributed by atoms with Gasteiger partial charge in [0.15, 0.2) is 11.6 Å². The Balaban J connectivity index is 0.000000245. The van der Waals surface area contributed by atoms with Crippen molar-refractivity contribution in [3.8, 4) is 5.75 Å². The zero-order chi connectivity index (χ0) is 27.3. The van der Waals surface area contributed by atoms with Crippen molar-refractivity contribution in [2.75, 3.05) is 12.3 Å². The number of hydrogen-bond acceptors (Lipinski definition) is 8. The van der Waals surface area contributed by atoms with Gasteiger partial charge in [-0.05, 0) is 74.3 Å². The van der Waals surface area contributed by atoms with Gasteiger partial charge in [-0.1, -0.05) is 25.5 Å². The molecule has 7 atom stereocenters. The highest BCUT2D eigenvalue weighted by Gasteiger charge is 2.67. The molecule has 3 fully saturated rings. The topological polar surface area (TPSA) is 178 Å². The first-order valence-electron chi connectivity index (χ1n) is 12.6. The van der Waals surface area contributed by atoms with Gasteiger partial charge in [-0.15, -0.1) is 0 Å². The molecule has 0 spiro atoms. The second-order valence-electron chi connectivity index (χ2n) is 11.3. The molecule has 0 aliphatic heterocycles. The zero-order valence-corrected chi connectivity index (χ0v) is 21.1. The van der Waals surface area contributed by atoms with E-state index in [1.54, 1.807) is 12.2 Å². The van der Waals surface area contributed by atoms with Crippen molar-refractivity contribution in [2.24, 2.45) is 28.6 Å². The minimum Gasteiger partial charge on any atom is -0.507 e. The first kappa shape index (κ1) is 27.0. The van der Waals surface area contributed by atoms with Crippen LogP contribution in [-0.2, 0) is 9.59 Å². The number of carbonyl (C=O) groups is 3. The summed E-state index contributed by atoms with van der Waals surface area (Å²) in [5.41, 5.74) is 3.89. The van der Waals surface area contributed by atoms with Gasteiger partial charge < -0.3 is 31.3 Å². The Hall–Kier alpha value is -3.01. The molecule has 0 saturated heterocycles. The minimum absolute atomic E-state index is 0.00912. The third kappa shape index (κ3) is 4.19. The number of aliphatic hydroxyl groups is 3. The number of nitrogens with two attached hydrogens (primary N) is 1. The Morgan fingerprint density at radius 1 is 1.19 bits per heavy atom. The third-order valence-electron chi connectivity index (χ3n) is 9.50. The van der Waals surface area contributed by atoms with E-state index in [1.165, 1.54) is 18.2 Å². The second kappa shape index (κ2) is 9.38. The fraction of sp³-hybridized carbons (Fsp3) is 0.536. The summed E-state index contributed by atoms with van der Waals surface area (Å²) in [6.45, 7) is 3.34. The van der Waals surface area contributed by atoms with Crippen molar-refractivity contribution in [1.29, 1.82) is 0 Å². The van der Waals surface area contributed by atoms with Crippen molar-refractivity contribution in [1.82, 2.24) is 0 Å². The number of rotatable bonds is 3. The molecule has 1 aromatic rings. The fourth-order valence-electron chi connectivity index (χ4n) is 7.64. The van der Waals surface area contributed by atoms with E-state index in [4.69, 9.17) is 15.9 Å². The number of carboxylic acids is 1. The van der Waals surface area contributed by atoms with Crippen LogP contribution in [0, 0.1) is 28.6 Å². The molecule has 0 aromatic heterocycles. The van der Waals surface area contributed by atoms with Gasteiger partial charge in [0.1, 0.15) is 23.5 Å². The van der Waals surface area contributed by atoms with E-state index in [0.29, 0.717) is 18.5 Å². The molecular formula is C28H35NO8. The lowest BCUT2D eigenvalue weighted by atomic mass is 9.46. The molecule has 200 valence electrons. The van der Waals surface area contributed by atoms with Crippen LogP contribution in [0.5, 0.6) is 5.75 Å². The van der Waals surface area contributed by atoms with Crippen LogP contribution in [0.1, 0.15) is 56.3 Å². The number of hydrogen-bond donors (Lipinski definition) is 6. The normalized spacial score (nSPS) is 37.9. The average Bonchev–Trinajstić information content (AvgIpc) is 3.11. The molecule has 4 aliphatic carbocycles. The predicted molar refractivity (Wildman–Crippen MR) is 135 cm³/mol. The summed E-state index contributed by atoms with van der Waals surface area (Å²) in [5, 5.41) is 49.1. The molecule has 9 nitrogen and oxygen atoms in total. The van der Waals surface area contributed by atoms with E-state index in [9.17, 15) is 29.7 Å². The molecule has 0 heterocycles. The maximum atomic E-state index is 12.4. The van der Waals surface area contributed by atoms with Crippen LogP contribution in [0.3, 0.4) is 0 Å². The Morgan fingerprint density at radius 3 is 2.51 bits per heavy atom. The number of benzene rings is 1. The van der Waals surface area contributed by atoms with E-state index in [2.05, 4.69) is 6.92 Å². The first-order valence-corrected chi connectivity index (χ1v) is 12.6. The van der Waals surface area contributed by atoms with Crippen LogP contribution in [0.2, 0.25) is 0 Å². The molecule has 4 aliphatic rings. The van der Waals surface area contributed by atoms with Gasteiger partial charge in [0.05, 0.1) is 6.10 Å². The van der Waals surface area contributed by atoms with Gasteiger partial charge in [0.25, 0.3) is 0 Å². The van der Waals surface area contributed by atoms with Crippen LogP contribution in [0.15, 0.2) is 42.0 Å². The molecule has 3 saturated carbocycles. The maximum Gasteiger partial charge on any atom is 0.339 e. The van der Waals surface area contributed by atoms with E-state index < -0.39 is 35.5 Å². The third-order valence-corrected chi connectivity index (χ3v) is 9.50. The number of phenols is 1. The van der Waals surface area contributed by atoms with Gasteiger partial charge in [-0.2, -0.15) is 0 Å². The number of aromatic hydroxyl groups is 1. The van der Waals surface area contributed by atoms with Gasteiger partial charge in [-0.3, -0.25) is 9.59 Å². The van der Waals surface area contributed by atoms with E-state index >= 15 is 0 Å². The van der Waals surface area contributed by atoms with Crippen LogP contribution >= 0.6 is 0 Å². The number of Topliss-reactive ketones (excluding diaryl/α,β-unsaturated/α-hetero) is 1. The van der Waals surface area contributed by atoms with Crippen molar-refractivity contribution in [2.45, 2.75) is 57.7 Å². The van der Waals surface area contributed by atoms with Gasteiger partial charge >= 0.3 is 5.97 Å². The van der Waals surface area contributed by atoms with Crippen molar-refractivity contribution < 1.29 is 39.9 Å². The smallest absolute Gasteiger partial charge is 0.339 e. The maximum absolute atomic E-state index is 12.4. The number of carboxylic acid groups (broad SMARTS) is 1. The van der Waals surface area contributed by atoms with Crippen LogP contribution < -0.4 is 5.73 Å². The average molecular weight is 514 g/mol. The molecule has 1 aromatic carbocycles. The van der Waals surface area contributed by atoms with Crippen molar-refractivity contribution in [3.63, 3.8) is 0 Å². The quantitative estimate of drug-likeness (QED) is 0.261. The molecule has 7 N–H and O–H groups in total. The molecular weight excluding hydrogens is 478 g/mol.